The fraction of sp³-hybridized carbons (Fsp3) is 0.467. The number of thiophene rings is 1. The van der Waals surface area contributed by atoms with E-state index in [1.165, 1.54) is 5.56 Å². The zero-order valence-electron chi connectivity index (χ0n) is 11.8. The maximum atomic E-state index is 12.6. The number of carbonyl (C=O) groups excluding carboxylic acids is 1. The second kappa shape index (κ2) is 5.40. The molecule has 0 aromatic carbocycles. The summed E-state index contributed by atoms with van der Waals surface area (Å²) in [6.07, 6.45) is 2.53. The molecular formula is C15H18N2O2S. The SMILES string of the molecule is Cc1noc(C)c1CC(=O)N1CCC[C@@H]1c1ccsc1. The van der Waals surface area contributed by atoms with Crippen molar-refractivity contribution < 1.29 is 9.32 Å². The average Bonchev–Trinajstić information content (AvgIpc) is 3.13. The molecule has 1 aliphatic heterocycles. The van der Waals surface area contributed by atoms with Crippen molar-refractivity contribution >= 4 is 17.2 Å². The minimum absolute atomic E-state index is 0.174. The molecule has 0 aliphatic carbocycles. The van der Waals surface area contributed by atoms with Crippen LogP contribution in [0.5, 0.6) is 0 Å². The molecule has 3 heterocycles. The number of carbonyl (C=O) groups is 1. The Labute approximate surface area is 122 Å². The van der Waals surface area contributed by atoms with Gasteiger partial charge in [-0.3, -0.25) is 4.79 Å². The molecule has 0 saturated carbocycles. The summed E-state index contributed by atoms with van der Waals surface area (Å²) in [5.41, 5.74) is 3.02. The lowest BCUT2D eigenvalue weighted by atomic mass is 10.1. The van der Waals surface area contributed by atoms with Crippen molar-refractivity contribution in [3.8, 4) is 0 Å². The van der Waals surface area contributed by atoms with Crippen LogP contribution in [0.4, 0.5) is 0 Å². The molecule has 106 valence electrons. The highest BCUT2D eigenvalue weighted by molar-refractivity contribution is 7.07. The third-order valence-electron chi connectivity index (χ3n) is 4.01. The molecule has 5 heteroatoms. The van der Waals surface area contributed by atoms with Gasteiger partial charge >= 0.3 is 0 Å². The number of hydrogen-bond donors (Lipinski definition) is 0. The highest BCUT2D eigenvalue weighted by Gasteiger charge is 2.30. The van der Waals surface area contributed by atoms with Crippen molar-refractivity contribution in [1.82, 2.24) is 10.1 Å². The molecule has 0 radical (unpaired) electrons. The Bertz CT molecular complexity index is 584. The number of rotatable bonds is 3. The number of aromatic nitrogens is 1. The topological polar surface area (TPSA) is 46.3 Å². The molecule has 1 amide bonds. The van der Waals surface area contributed by atoms with Crippen LogP contribution in [0.3, 0.4) is 0 Å². The summed E-state index contributed by atoms with van der Waals surface area (Å²) < 4.78 is 5.14. The molecule has 4 nitrogen and oxygen atoms in total. The Hall–Kier alpha value is -1.62. The fourth-order valence-corrected chi connectivity index (χ4v) is 3.59. The van der Waals surface area contributed by atoms with Crippen molar-refractivity contribution in [3.63, 3.8) is 0 Å². The van der Waals surface area contributed by atoms with Crippen LogP contribution < -0.4 is 0 Å². The third-order valence-corrected chi connectivity index (χ3v) is 4.71. The normalized spacial score (nSPS) is 18.7. The lowest BCUT2D eigenvalue weighted by Crippen LogP contribution is -2.31. The molecule has 0 spiro atoms. The van der Waals surface area contributed by atoms with Crippen molar-refractivity contribution in [2.24, 2.45) is 0 Å². The molecule has 1 atom stereocenters. The molecular weight excluding hydrogens is 272 g/mol. The number of nitrogens with zero attached hydrogens (tertiary/aromatic N) is 2. The van der Waals surface area contributed by atoms with E-state index in [0.717, 1.165) is 36.4 Å². The standard InChI is InChI=1S/C15H18N2O2S/c1-10-13(11(2)19-16-10)8-15(18)17-6-3-4-14(17)12-5-7-20-9-12/h5,7,9,14H,3-4,6,8H2,1-2H3/t14-/m1/s1. The molecule has 1 saturated heterocycles. The predicted octanol–water partition coefficient (Wildman–Crippen LogP) is 3.26. The van der Waals surface area contributed by atoms with Gasteiger partial charge in [0.25, 0.3) is 0 Å². The van der Waals surface area contributed by atoms with Gasteiger partial charge in [-0.2, -0.15) is 11.3 Å². The van der Waals surface area contributed by atoms with Gasteiger partial charge in [-0.25, -0.2) is 0 Å². The maximum Gasteiger partial charge on any atom is 0.227 e. The van der Waals surface area contributed by atoms with Crippen molar-refractivity contribution in [1.29, 1.82) is 0 Å². The van der Waals surface area contributed by atoms with Gasteiger partial charge in [0, 0.05) is 12.1 Å². The van der Waals surface area contributed by atoms with E-state index in [1.807, 2.05) is 18.7 Å². The minimum Gasteiger partial charge on any atom is -0.361 e. The van der Waals surface area contributed by atoms with E-state index in [9.17, 15) is 4.79 Å². The highest BCUT2D eigenvalue weighted by atomic mass is 32.1. The van der Waals surface area contributed by atoms with Crippen LogP contribution >= 0.6 is 11.3 Å². The van der Waals surface area contributed by atoms with Gasteiger partial charge < -0.3 is 9.42 Å². The van der Waals surface area contributed by atoms with Crippen LogP contribution in [0.2, 0.25) is 0 Å². The van der Waals surface area contributed by atoms with Gasteiger partial charge in [-0.05, 0) is 49.1 Å². The molecule has 2 aromatic rings. The monoisotopic (exact) mass is 290 g/mol. The first-order chi connectivity index (χ1) is 9.66. The average molecular weight is 290 g/mol. The number of hydrogen-bond acceptors (Lipinski definition) is 4. The smallest absolute Gasteiger partial charge is 0.227 e. The Balaban J connectivity index is 1.77. The number of likely N-dealkylation sites (tertiary alicyclic amines) is 1. The molecule has 0 N–H and O–H groups in total. The first kappa shape index (κ1) is 13.4. The van der Waals surface area contributed by atoms with Crippen molar-refractivity contribution in [3.05, 3.63) is 39.4 Å². The zero-order valence-corrected chi connectivity index (χ0v) is 12.6. The summed E-state index contributed by atoms with van der Waals surface area (Å²) in [6, 6.07) is 2.37. The molecule has 1 aliphatic rings. The van der Waals surface area contributed by atoms with Gasteiger partial charge in [-0.15, -0.1) is 0 Å². The van der Waals surface area contributed by atoms with Crippen LogP contribution in [0, 0.1) is 13.8 Å². The van der Waals surface area contributed by atoms with Crippen LogP contribution in [-0.2, 0) is 11.2 Å². The van der Waals surface area contributed by atoms with Crippen molar-refractivity contribution in [2.45, 2.75) is 39.2 Å². The minimum atomic E-state index is 0.174. The van der Waals surface area contributed by atoms with Crippen LogP contribution in [0.15, 0.2) is 21.3 Å². The van der Waals surface area contributed by atoms with E-state index in [2.05, 4.69) is 22.0 Å². The van der Waals surface area contributed by atoms with Gasteiger partial charge in [0.2, 0.25) is 5.91 Å². The Morgan fingerprint density at radius 2 is 2.40 bits per heavy atom. The zero-order chi connectivity index (χ0) is 14.1. The van der Waals surface area contributed by atoms with E-state index in [-0.39, 0.29) is 11.9 Å². The maximum absolute atomic E-state index is 12.6. The summed E-state index contributed by atoms with van der Waals surface area (Å²) in [6.45, 7) is 4.60. The van der Waals surface area contributed by atoms with E-state index in [0.29, 0.717) is 6.42 Å². The van der Waals surface area contributed by atoms with Gasteiger partial charge in [-0.1, -0.05) is 5.16 Å². The van der Waals surface area contributed by atoms with E-state index >= 15 is 0 Å². The molecule has 1 fully saturated rings. The highest BCUT2D eigenvalue weighted by Crippen LogP contribution is 2.33. The Morgan fingerprint density at radius 3 is 3.05 bits per heavy atom. The van der Waals surface area contributed by atoms with Crippen LogP contribution in [-0.4, -0.2) is 22.5 Å². The lowest BCUT2D eigenvalue weighted by molar-refractivity contribution is -0.131. The molecule has 2 aromatic heterocycles. The van der Waals surface area contributed by atoms with Crippen LogP contribution in [0.1, 0.15) is 41.5 Å². The number of amides is 1. The van der Waals surface area contributed by atoms with Gasteiger partial charge in [0.05, 0.1) is 18.2 Å². The molecule has 20 heavy (non-hydrogen) atoms. The van der Waals surface area contributed by atoms with E-state index < -0.39 is 0 Å². The number of aryl methyl sites for hydroxylation is 2. The molecule has 0 bridgehead atoms. The summed E-state index contributed by atoms with van der Waals surface area (Å²) in [5.74, 6) is 0.926. The van der Waals surface area contributed by atoms with Gasteiger partial charge in [0.1, 0.15) is 5.76 Å². The summed E-state index contributed by atoms with van der Waals surface area (Å²) in [4.78, 5) is 14.6. The van der Waals surface area contributed by atoms with Crippen LogP contribution in [0.25, 0.3) is 0 Å². The quantitative estimate of drug-likeness (QED) is 0.871. The second-order valence-corrected chi connectivity index (χ2v) is 6.06. The third kappa shape index (κ3) is 2.38. The Morgan fingerprint density at radius 1 is 1.55 bits per heavy atom. The first-order valence-corrected chi connectivity index (χ1v) is 7.84. The second-order valence-electron chi connectivity index (χ2n) is 5.28. The molecule has 3 rings (SSSR count). The molecule has 0 unspecified atom stereocenters. The summed E-state index contributed by atoms with van der Waals surface area (Å²) in [5, 5.41) is 8.14. The summed E-state index contributed by atoms with van der Waals surface area (Å²) >= 11 is 1.69. The Kier molecular flexibility index (Phi) is 3.61. The predicted molar refractivity (Wildman–Crippen MR) is 77.7 cm³/mol. The first-order valence-electron chi connectivity index (χ1n) is 6.90. The van der Waals surface area contributed by atoms with Gasteiger partial charge in [0.15, 0.2) is 0 Å². The van der Waals surface area contributed by atoms with E-state index in [1.54, 1.807) is 11.3 Å². The largest absolute Gasteiger partial charge is 0.361 e. The summed E-state index contributed by atoms with van der Waals surface area (Å²) in [7, 11) is 0. The fourth-order valence-electron chi connectivity index (χ4n) is 2.88. The van der Waals surface area contributed by atoms with E-state index in [4.69, 9.17) is 4.52 Å². The lowest BCUT2D eigenvalue weighted by Gasteiger charge is -2.24. The van der Waals surface area contributed by atoms with Crippen molar-refractivity contribution in [2.75, 3.05) is 6.54 Å².